The highest BCUT2D eigenvalue weighted by molar-refractivity contribution is 5.53. The monoisotopic (exact) mass is 245 g/mol. The second-order valence-corrected chi connectivity index (χ2v) is 5.78. The minimum atomic E-state index is 0.809. The van der Waals surface area contributed by atoms with E-state index in [2.05, 4.69) is 29.0 Å². The average molecular weight is 245 g/mol. The zero-order valence-corrected chi connectivity index (χ0v) is 11.2. The van der Waals surface area contributed by atoms with Crippen LogP contribution in [0, 0.1) is 5.92 Å². The van der Waals surface area contributed by atoms with E-state index >= 15 is 0 Å². The summed E-state index contributed by atoms with van der Waals surface area (Å²) in [6, 6.07) is 9.14. The molecule has 2 aliphatic rings. The van der Waals surface area contributed by atoms with Gasteiger partial charge in [0.1, 0.15) is 0 Å². The number of hydrogen-bond acceptors (Lipinski definition) is 3. The van der Waals surface area contributed by atoms with Gasteiger partial charge in [-0.3, -0.25) is 0 Å². The Hall–Kier alpha value is -1.22. The number of fused-ring (bicyclic) bond motifs is 1. The summed E-state index contributed by atoms with van der Waals surface area (Å²) in [5.74, 6) is 0.843. The Kier molecular flexibility index (Phi) is 3.16. The molecule has 2 N–H and O–H groups in total. The SMILES string of the molecule is CN1CCCC2CN(c3ccc(N)cc3)CCC21. The highest BCUT2D eigenvalue weighted by atomic mass is 15.2. The van der Waals surface area contributed by atoms with Crippen molar-refractivity contribution in [2.24, 2.45) is 5.92 Å². The van der Waals surface area contributed by atoms with Gasteiger partial charge in [-0.25, -0.2) is 0 Å². The lowest BCUT2D eigenvalue weighted by molar-refractivity contribution is 0.102. The van der Waals surface area contributed by atoms with E-state index < -0.39 is 0 Å². The van der Waals surface area contributed by atoms with Crippen molar-refractivity contribution in [1.29, 1.82) is 0 Å². The van der Waals surface area contributed by atoms with Crippen molar-refractivity contribution < 1.29 is 0 Å². The molecule has 0 aliphatic carbocycles. The van der Waals surface area contributed by atoms with Crippen molar-refractivity contribution in [2.75, 3.05) is 37.3 Å². The molecule has 0 spiro atoms. The van der Waals surface area contributed by atoms with E-state index in [1.807, 2.05) is 12.1 Å². The molecule has 2 aliphatic heterocycles. The van der Waals surface area contributed by atoms with Crippen LogP contribution in [0.4, 0.5) is 11.4 Å². The molecule has 0 bridgehead atoms. The molecule has 2 saturated heterocycles. The minimum Gasteiger partial charge on any atom is -0.399 e. The molecule has 2 unspecified atom stereocenters. The lowest BCUT2D eigenvalue weighted by atomic mass is 9.84. The van der Waals surface area contributed by atoms with Crippen LogP contribution >= 0.6 is 0 Å². The van der Waals surface area contributed by atoms with E-state index in [4.69, 9.17) is 5.73 Å². The van der Waals surface area contributed by atoms with Gasteiger partial charge < -0.3 is 15.5 Å². The number of hydrogen-bond donors (Lipinski definition) is 1. The molecule has 0 aromatic heterocycles. The van der Waals surface area contributed by atoms with Gasteiger partial charge in [0.25, 0.3) is 0 Å². The molecule has 18 heavy (non-hydrogen) atoms. The summed E-state index contributed by atoms with van der Waals surface area (Å²) in [6.07, 6.45) is 4.04. The van der Waals surface area contributed by atoms with Gasteiger partial charge in [0, 0.05) is 30.5 Å². The van der Waals surface area contributed by atoms with Crippen LogP contribution in [0.25, 0.3) is 0 Å². The van der Waals surface area contributed by atoms with Crippen molar-refractivity contribution in [3.8, 4) is 0 Å². The van der Waals surface area contributed by atoms with E-state index in [1.54, 1.807) is 0 Å². The summed E-state index contributed by atoms with van der Waals surface area (Å²) in [5, 5.41) is 0. The van der Waals surface area contributed by atoms with E-state index in [1.165, 1.54) is 44.6 Å². The first-order valence-corrected chi connectivity index (χ1v) is 7.05. The largest absolute Gasteiger partial charge is 0.399 e. The molecule has 2 fully saturated rings. The number of rotatable bonds is 1. The topological polar surface area (TPSA) is 32.5 Å². The number of nitrogens with two attached hydrogens (primary N) is 1. The number of benzene rings is 1. The molecule has 3 nitrogen and oxygen atoms in total. The number of piperidine rings is 2. The highest BCUT2D eigenvalue weighted by Crippen LogP contribution is 2.32. The number of anilines is 2. The predicted octanol–water partition coefficient (Wildman–Crippen LogP) is 2.19. The fourth-order valence-corrected chi connectivity index (χ4v) is 3.57. The Morgan fingerprint density at radius 1 is 1.11 bits per heavy atom. The molecular formula is C15H23N3. The van der Waals surface area contributed by atoms with Gasteiger partial charge in [-0.2, -0.15) is 0 Å². The molecule has 1 aromatic carbocycles. The summed E-state index contributed by atoms with van der Waals surface area (Å²) >= 11 is 0. The number of likely N-dealkylation sites (tertiary alicyclic amines) is 1. The first kappa shape index (κ1) is 11.8. The lowest BCUT2D eigenvalue weighted by Crippen LogP contribution is -2.52. The van der Waals surface area contributed by atoms with Crippen molar-refractivity contribution >= 4 is 11.4 Å². The minimum absolute atomic E-state index is 0.809. The van der Waals surface area contributed by atoms with E-state index in [0.29, 0.717) is 0 Å². The smallest absolute Gasteiger partial charge is 0.0367 e. The van der Waals surface area contributed by atoms with Gasteiger partial charge in [-0.1, -0.05) is 0 Å². The van der Waals surface area contributed by atoms with Gasteiger partial charge in [-0.05, 0) is 63.0 Å². The fraction of sp³-hybridized carbons (Fsp3) is 0.600. The molecule has 2 heterocycles. The van der Waals surface area contributed by atoms with E-state index in [-0.39, 0.29) is 0 Å². The van der Waals surface area contributed by atoms with Gasteiger partial charge in [-0.15, -0.1) is 0 Å². The summed E-state index contributed by atoms with van der Waals surface area (Å²) in [6.45, 7) is 3.66. The van der Waals surface area contributed by atoms with Crippen LogP contribution in [0.15, 0.2) is 24.3 Å². The van der Waals surface area contributed by atoms with E-state index in [9.17, 15) is 0 Å². The summed E-state index contributed by atoms with van der Waals surface area (Å²) < 4.78 is 0. The second-order valence-electron chi connectivity index (χ2n) is 5.78. The Balaban J connectivity index is 1.72. The Morgan fingerprint density at radius 3 is 2.67 bits per heavy atom. The molecule has 0 radical (unpaired) electrons. The molecule has 3 rings (SSSR count). The van der Waals surface area contributed by atoms with Crippen LogP contribution in [0.1, 0.15) is 19.3 Å². The van der Waals surface area contributed by atoms with Gasteiger partial charge in [0.2, 0.25) is 0 Å². The normalized spacial score (nSPS) is 29.1. The maximum Gasteiger partial charge on any atom is 0.0367 e. The molecule has 0 amide bonds. The van der Waals surface area contributed by atoms with Gasteiger partial charge in [0.15, 0.2) is 0 Å². The standard InChI is InChI=1S/C15H23N3/c1-17-9-2-3-12-11-18(10-8-15(12)17)14-6-4-13(16)5-7-14/h4-7,12,15H,2-3,8-11,16H2,1H3. The summed E-state index contributed by atoms with van der Waals surface area (Å²) in [5.41, 5.74) is 7.94. The molecule has 3 heteroatoms. The maximum atomic E-state index is 5.76. The maximum absolute atomic E-state index is 5.76. The average Bonchev–Trinajstić information content (AvgIpc) is 2.39. The van der Waals surface area contributed by atoms with Crippen LogP contribution in [0.5, 0.6) is 0 Å². The number of nitrogens with zero attached hydrogens (tertiary/aromatic N) is 2. The third-order valence-corrected chi connectivity index (χ3v) is 4.60. The summed E-state index contributed by atoms with van der Waals surface area (Å²) in [7, 11) is 2.29. The van der Waals surface area contributed by atoms with Crippen LogP contribution in [-0.4, -0.2) is 37.6 Å². The quantitative estimate of drug-likeness (QED) is 0.770. The molecule has 0 saturated carbocycles. The zero-order valence-electron chi connectivity index (χ0n) is 11.2. The van der Waals surface area contributed by atoms with Gasteiger partial charge in [0.05, 0.1) is 0 Å². The first-order chi connectivity index (χ1) is 8.74. The molecule has 1 aromatic rings. The van der Waals surface area contributed by atoms with Crippen molar-refractivity contribution in [3.63, 3.8) is 0 Å². The summed E-state index contributed by atoms with van der Waals surface area (Å²) in [4.78, 5) is 5.09. The fourth-order valence-electron chi connectivity index (χ4n) is 3.57. The van der Waals surface area contributed by atoms with Crippen LogP contribution in [-0.2, 0) is 0 Å². The van der Waals surface area contributed by atoms with Gasteiger partial charge >= 0.3 is 0 Å². The second kappa shape index (κ2) is 4.81. The Morgan fingerprint density at radius 2 is 1.89 bits per heavy atom. The van der Waals surface area contributed by atoms with Crippen molar-refractivity contribution in [1.82, 2.24) is 4.90 Å². The van der Waals surface area contributed by atoms with Crippen LogP contribution in [0.3, 0.4) is 0 Å². The Labute approximate surface area is 110 Å². The Bertz CT molecular complexity index is 401. The zero-order chi connectivity index (χ0) is 12.5. The number of nitrogen functional groups attached to an aromatic ring is 1. The van der Waals surface area contributed by atoms with E-state index in [0.717, 1.165) is 17.6 Å². The molecule has 98 valence electrons. The first-order valence-electron chi connectivity index (χ1n) is 7.05. The van der Waals surface area contributed by atoms with Crippen molar-refractivity contribution in [2.45, 2.75) is 25.3 Å². The van der Waals surface area contributed by atoms with Crippen LogP contribution in [0.2, 0.25) is 0 Å². The third-order valence-electron chi connectivity index (χ3n) is 4.60. The molecular weight excluding hydrogens is 222 g/mol. The third kappa shape index (κ3) is 2.19. The van der Waals surface area contributed by atoms with Crippen molar-refractivity contribution in [3.05, 3.63) is 24.3 Å². The predicted molar refractivity (Wildman–Crippen MR) is 76.8 cm³/mol. The lowest BCUT2D eigenvalue weighted by Gasteiger charge is -2.46. The highest BCUT2D eigenvalue weighted by Gasteiger charge is 2.34. The molecule has 2 atom stereocenters. The van der Waals surface area contributed by atoms with Crippen LogP contribution < -0.4 is 10.6 Å².